The monoisotopic (exact) mass is 256 g/mol. The molecule has 0 amide bonds. The van der Waals surface area contributed by atoms with Gasteiger partial charge in [-0.1, -0.05) is 6.08 Å². The number of aromatic amines is 1. The van der Waals surface area contributed by atoms with Crippen molar-refractivity contribution in [2.45, 2.75) is 12.5 Å². The van der Waals surface area contributed by atoms with Gasteiger partial charge in [-0.2, -0.15) is 0 Å². The average molecular weight is 256 g/mol. The smallest absolute Gasteiger partial charge is 0.137 e. The summed E-state index contributed by atoms with van der Waals surface area (Å²) in [5, 5.41) is 1.12. The number of hydrogen-bond donors (Lipinski definition) is 1. The van der Waals surface area contributed by atoms with Crippen LogP contribution in [0.25, 0.3) is 16.6 Å². The molecule has 1 unspecified atom stereocenters. The van der Waals surface area contributed by atoms with Crippen LogP contribution in [0.15, 0.2) is 42.4 Å². The third-order valence-electron chi connectivity index (χ3n) is 3.45. The molecule has 19 heavy (non-hydrogen) atoms. The van der Waals surface area contributed by atoms with Gasteiger partial charge in [-0.05, 0) is 30.2 Å². The normalized spacial score (nSPS) is 19.2. The molecular formula is C15H16N2O2. The molecule has 1 N–H and O–H groups in total. The molecule has 0 radical (unpaired) electrons. The van der Waals surface area contributed by atoms with E-state index in [4.69, 9.17) is 9.47 Å². The maximum atomic E-state index is 5.40. The van der Waals surface area contributed by atoms with Gasteiger partial charge in [0.05, 0.1) is 7.11 Å². The lowest BCUT2D eigenvalue weighted by Gasteiger charge is -2.21. The van der Waals surface area contributed by atoms with E-state index >= 15 is 0 Å². The van der Waals surface area contributed by atoms with Crippen molar-refractivity contribution in [3.63, 3.8) is 0 Å². The molecule has 0 aliphatic heterocycles. The van der Waals surface area contributed by atoms with E-state index in [1.807, 2.05) is 18.3 Å². The van der Waals surface area contributed by atoms with E-state index in [0.29, 0.717) is 0 Å². The first-order valence-corrected chi connectivity index (χ1v) is 6.24. The van der Waals surface area contributed by atoms with E-state index < -0.39 is 0 Å². The molecule has 2 aromatic rings. The van der Waals surface area contributed by atoms with Crippen LogP contribution in [0.2, 0.25) is 0 Å². The highest BCUT2D eigenvalue weighted by Gasteiger charge is 2.20. The first kappa shape index (κ1) is 12.0. The molecular weight excluding hydrogens is 240 g/mol. The van der Waals surface area contributed by atoms with Crippen molar-refractivity contribution in [3.05, 3.63) is 48.0 Å². The Kier molecular flexibility index (Phi) is 3.09. The van der Waals surface area contributed by atoms with Gasteiger partial charge >= 0.3 is 0 Å². The Hall–Kier alpha value is -2.07. The second kappa shape index (κ2) is 4.90. The van der Waals surface area contributed by atoms with Crippen LogP contribution >= 0.6 is 0 Å². The fourth-order valence-corrected chi connectivity index (χ4v) is 2.44. The van der Waals surface area contributed by atoms with Crippen LogP contribution in [-0.2, 0) is 9.47 Å². The van der Waals surface area contributed by atoms with E-state index in [1.54, 1.807) is 20.4 Å². The Balaban J connectivity index is 2.03. The highest BCUT2D eigenvalue weighted by atomic mass is 16.5. The zero-order valence-corrected chi connectivity index (χ0v) is 11.0. The molecule has 3 rings (SSSR count). The van der Waals surface area contributed by atoms with Crippen LogP contribution in [0.1, 0.15) is 12.0 Å². The highest BCUT2D eigenvalue weighted by molar-refractivity contribution is 5.93. The number of pyridine rings is 1. The molecule has 0 saturated heterocycles. The topological polar surface area (TPSA) is 47.1 Å². The highest BCUT2D eigenvalue weighted by Crippen LogP contribution is 2.31. The summed E-state index contributed by atoms with van der Waals surface area (Å²) in [6.45, 7) is 0. The van der Waals surface area contributed by atoms with Crippen LogP contribution in [0, 0.1) is 0 Å². The largest absolute Gasteiger partial charge is 0.498 e. The average Bonchev–Trinajstić information content (AvgIpc) is 2.90. The number of H-pyrrole nitrogens is 1. The number of ether oxygens (including phenoxy) is 2. The number of aromatic nitrogens is 2. The van der Waals surface area contributed by atoms with Crippen molar-refractivity contribution in [2.24, 2.45) is 0 Å². The molecule has 0 spiro atoms. The predicted molar refractivity (Wildman–Crippen MR) is 74.6 cm³/mol. The Morgan fingerprint density at radius 1 is 1.37 bits per heavy atom. The van der Waals surface area contributed by atoms with Crippen molar-refractivity contribution in [2.75, 3.05) is 14.2 Å². The van der Waals surface area contributed by atoms with Crippen molar-refractivity contribution in [3.8, 4) is 0 Å². The van der Waals surface area contributed by atoms with Gasteiger partial charge in [0.1, 0.15) is 17.5 Å². The van der Waals surface area contributed by atoms with Crippen molar-refractivity contribution >= 4 is 16.6 Å². The maximum absolute atomic E-state index is 5.40. The summed E-state index contributed by atoms with van der Waals surface area (Å²) >= 11 is 0. The second-order valence-electron chi connectivity index (χ2n) is 4.47. The Morgan fingerprint density at radius 2 is 2.26 bits per heavy atom. The first-order valence-electron chi connectivity index (χ1n) is 6.24. The molecule has 2 aromatic heterocycles. The number of methoxy groups -OCH3 is 2. The molecule has 2 heterocycles. The number of fused-ring (bicyclic) bond motifs is 1. The summed E-state index contributed by atoms with van der Waals surface area (Å²) < 4.78 is 10.8. The Labute approximate surface area is 111 Å². The minimum Gasteiger partial charge on any atom is -0.498 e. The van der Waals surface area contributed by atoms with Gasteiger partial charge in [0.25, 0.3) is 0 Å². The number of nitrogens with one attached hydrogen (secondary N) is 1. The molecule has 0 bridgehead atoms. The molecule has 4 nitrogen and oxygen atoms in total. The summed E-state index contributed by atoms with van der Waals surface area (Å²) in [5.74, 6) is 0.859. The van der Waals surface area contributed by atoms with Crippen LogP contribution in [-0.4, -0.2) is 30.3 Å². The molecule has 0 fully saturated rings. The van der Waals surface area contributed by atoms with Crippen LogP contribution < -0.4 is 0 Å². The molecule has 1 atom stereocenters. The van der Waals surface area contributed by atoms with Crippen molar-refractivity contribution < 1.29 is 9.47 Å². The lowest BCUT2D eigenvalue weighted by Crippen LogP contribution is -2.17. The second-order valence-corrected chi connectivity index (χ2v) is 4.47. The lowest BCUT2D eigenvalue weighted by molar-refractivity contribution is 0.0799. The van der Waals surface area contributed by atoms with E-state index in [-0.39, 0.29) is 6.10 Å². The van der Waals surface area contributed by atoms with Gasteiger partial charge < -0.3 is 14.5 Å². The van der Waals surface area contributed by atoms with E-state index in [9.17, 15) is 0 Å². The van der Waals surface area contributed by atoms with E-state index in [1.165, 1.54) is 0 Å². The Morgan fingerprint density at radius 3 is 3.05 bits per heavy atom. The zero-order chi connectivity index (χ0) is 13.2. The molecule has 1 aliphatic carbocycles. The number of allylic oxidation sites excluding steroid dienone is 2. The molecule has 0 aromatic carbocycles. The number of hydrogen-bond acceptors (Lipinski definition) is 3. The maximum Gasteiger partial charge on any atom is 0.137 e. The minimum atomic E-state index is 0.0112. The zero-order valence-electron chi connectivity index (χ0n) is 11.0. The fraction of sp³-hybridized carbons (Fsp3) is 0.267. The Bertz CT molecular complexity index is 655. The van der Waals surface area contributed by atoms with Gasteiger partial charge in [0, 0.05) is 30.5 Å². The summed E-state index contributed by atoms with van der Waals surface area (Å²) in [6, 6.07) is 4.01. The molecule has 0 saturated carbocycles. The fourth-order valence-electron chi connectivity index (χ4n) is 2.44. The van der Waals surface area contributed by atoms with E-state index in [0.717, 1.165) is 34.3 Å². The van der Waals surface area contributed by atoms with Crippen LogP contribution in [0.3, 0.4) is 0 Å². The molecule has 4 heteroatoms. The van der Waals surface area contributed by atoms with E-state index in [2.05, 4.69) is 22.1 Å². The third kappa shape index (κ3) is 2.04. The summed E-state index contributed by atoms with van der Waals surface area (Å²) in [7, 11) is 3.38. The van der Waals surface area contributed by atoms with Crippen molar-refractivity contribution in [1.29, 1.82) is 0 Å². The summed E-state index contributed by atoms with van der Waals surface area (Å²) in [6.07, 6.45) is 8.81. The minimum absolute atomic E-state index is 0.0112. The summed E-state index contributed by atoms with van der Waals surface area (Å²) in [4.78, 5) is 7.50. The predicted octanol–water partition coefficient (Wildman–Crippen LogP) is 2.90. The van der Waals surface area contributed by atoms with Gasteiger partial charge in [0.2, 0.25) is 0 Å². The molecule has 98 valence electrons. The first-order chi connectivity index (χ1) is 9.33. The third-order valence-corrected chi connectivity index (χ3v) is 3.45. The quantitative estimate of drug-likeness (QED) is 0.918. The number of nitrogens with zero attached hydrogens (tertiary/aromatic N) is 1. The van der Waals surface area contributed by atoms with Gasteiger partial charge in [0.15, 0.2) is 0 Å². The lowest BCUT2D eigenvalue weighted by atomic mass is 9.97. The standard InChI is InChI=1S/C15H16N2O2/c1-18-13-6-5-10(8-14(13)19-2)12-9-17-15-11(12)4-3-7-16-15/h3-5,7-9,13H,6H2,1-2H3,(H,16,17). The van der Waals surface area contributed by atoms with Gasteiger partial charge in [-0.3, -0.25) is 0 Å². The van der Waals surface area contributed by atoms with Gasteiger partial charge in [-0.15, -0.1) is 0 Å². The SMILES string of the molecule is COC1=CC(c2c[nH]c3ncccc23)=CCC1OC. The van der Waals surface area contributed by atoms with Gasteiger partial charge in [-0.25, -0.2) is 4.98 Å². The van der Waals surface area contributed by atoms with Crippen LogP contribution in [0.4, 0.5) is 0 Å². The van der Waals surface area contributed by atoms with Crippen LogP contribution in [0.5, 0.6) is 0 Å². The molecule has 1 aliphatic rings. The number of rotatable bonds is 3. The van der Waals surface area contributed by atoms with Crippen molar-refractivity contribution in [1.82, 2.24) is 9.97 Å². The summed E-state index contributed by atoms with van der Waals surface area (Å²) in [5.41, 5.74) is 3.19.